The Morgan fingerprint density at radius 2 is 2.07 bits per heavy atom. The van der Waals surface area contributed by atoms with Crippen molar-refractivity contribution < 1.29 is 9.53 Å². The number of hydrogen-bond acceptors (Lipinski definition) is 6. The fourth-order valence-corrected chi connectivity index (χ4v) is 4.18. The predicted octanol–water partition coefficient (Wildman–Crippen LogP) is 4.62. The number of para-hydroxylation sites is 1. The number of halogens is 1. The van der Waals surface area contributed by atoms with Crippen LogP contribution in [0.2, 0.25) is 0 Å². The molecule has 0 fully saturated rings. The molecule has 3 aromatic rings. The van der Waals surface area contributed by atoms with E-state index in [0.717, 1.165) is 38.5 Å². The van der Waals surface area contributed by atoms with E-state index in [2.05, 4.69) is 31.2 Å². The van der Waals surface area contributed by atoms with Gasteiger partial charge in [0.05, 0.1) is 24.2 Å². The van der Waals surface area contributed by atoms with Gasteiger partial charge in [-0.05, 0) is 36.8 Å². The molecule has 0 saturated heterocycles. The molecular weight excluding hydrogens is 440 g/mol. The maximum absolute atomic E-state index is 12.9. The number of ether oxygens (including phenoxy) is 1. The summed E-state index contributed by atoms with van der Waals surface area (Å²) in [7, 11) is 0. The van der Waals surface area contributed by atoms with Crippen LogP contribution in [0.4, 0.5) is 11.5 Å². The first kappa shape index (κ1) is 18.8. The van der Waals surface area contributed by atoms with Crippen LogP contribution >= 0.6 is 27.7 Å². The van der Waals surface area contributed by atoms with Gasteiger partial charge >= 0.3 is 0 Å². The van der Waals surface area contributed by atoms with Crippen LogP contribution in [0.25, 0.3) is 11.3 Å². The molecule has 1 aliphatic rings. The normalized spacial score (nSPS) is 14.1. The highest BCUT2D eigenvalue weighted by atomic mass is 79.9. The predicted molar refractivity (Wildman–Crippen MR) is 115 cm³/mol. The molecule has 4 rings (SSSR count). The number of nitrogens with zero attached hydrogens (tertiary/aromatic N) is 2. The Kier molecular flexibility index (Phi) is 5.50. The molecule has 0 aliphatic carbocycles. The molecular formula is C20H17BrN4O2S. The number of fused-ring (bicyclic) bond motifs is 6. The van der Waals surface area contributed by atoms with E-state index in [-0.39, 0.29) is 11.5 Å². The number of nitrogen functional groups attached to an aromatic ring is 1. The molecule has 0 atom stereocenters. The third-order valence-corrected chi connectivity index (χ3v) is 6.03. The lowest BCUT2D eigenvalue weighted by Crippen LogP contribution is -2.17. The van der Waals surface area contributed by atoms with Gasteiger partial charge in [-0.3, -0.25) is 4.79 Å². The quantitative estimate of drug-likeness (QED) is 0.512. The first-order valence-electron chi connectivity index (χ1n) is 8.70. The number of hydrogen-bond donors (Lipinski definition) is 2. The number of amides is 1. The van der Waals surface area contributed by atoms with Crippen LogP contribution in [0, 0.1) is 0 Å². The summed E-state index contributed by atoms with van der Waals surface area (Å²) in [6, 6.07) is 13.3. The lowest BCUT2D eigenvalue weighted by molar-refractivity contribution is 0.102. The third kappa shape index (κ3) is 3.98. The first-order valence-corrected chi connectivity index (χ1v) is 10.5. The largest absolute Gasteiger partial charge is 0.494 e. The third-order valence-electron chi connectivity index (χ3n) is 4.18. The van der Waals surface area contributed by atoms with Gasteiger partial charge in [-0.15, -0.1) is 11.8 Å². The van der Waals surface area contributed by atoms with E-state index in [0.29, 0.717) is 12.3 Å². The van der Waals surface area contributed by atoms with Gasteiger partial charge in [-0.2, -0.15) is 0 Å². The number of nitrogens with two attached hydrogens (primary N) is 1. The second-order valence-corrected chi connectivity index (χ2v) is 8.12. The van der Waals surface area contributed by atoms with Crippen LogP contribution in [0.15, 0.2) is 58.0 Å². The number of benzene rings is 2. The van der Waals surface area contributed by atoms with E-state index >= 15 is 0 Å². The molecule has 4 bridgehead atoms. The summed E-state index contributed by atoms with van der Waals surface area (Å²) in [5, 5.41) is 2.92. The minimum absolute atomic E-state index is 0.0826. The van der Waals surface area contributed by atoms with Crippen molar-refractivity contribution in [3.05, 3.63) is 58.8 Å². The number of anilines is 2. The number of nitrogens with one attached hydrogen (secondary N) is 1. The van der Waals surface area contributed by atoms with Gasteiger partial charge in [0.15, 0.2) is 11.5 Å². The Hall–Kier alpha value is -2.58. The molecule has 0 radical (unpaired) electrons. The van der Waals surface area contributed by atoms with Crippen molar-refractivity contribution in [2.45, 2.75) is 11.3 Å². The fourth-order valence-electron chi connectivity index (χ4n) is 2.79. The zero-order valence-electron chi connectivity index (χ0n) is 14.8. The van der Waals surface area contributed by atoms with E-state index in [9.17, 15) is 4.79 Å². The van der Waals surface area contributed by atoms with Gasteiger partial charge < -0.3 is 15.8 Å². The second-order valence-electron chi connectivity index (χ2n) is 6.13. The molecule has 1 aromatic heterocycles. The zero-order chi connectivity index (χ0) is 19.5. The van der Waals surface area contributed by atoms with E-state index < -0.39 is 5.91 Å². The van der Waals surface area contributed by atoms with E-state index in [1.54, 1.807) is 18.0 Å². The molecule has 8 heteroatoms. The molecule has 142 valence electrons. The topological polar surface area (TPSA) is 90.1 Å². The average Bonchev–Trinajstić information content (AvgIpc) is 2.70. The molecule has 1 aliphatic heterocycles. The van der Waals surface area contributed by atoms with Gasteiger partial charge in [-0.25, -0.2) is 9.97 Å². The van der Waals surface area contributed by atoms with E-state index in [1.165, 1.54) is 0 Å². The van der Waals surface area contributed by atoms with Crippen molar-refractivity contribution in [1.29, 1.82) is 0 Å². The minimum Gasteiger partial charge on any atom is -0.494 e. The lowest BCUT2D eigenvalue weighted by atomic mass is 10.1. The standard InChI is InChI=1S/C20H17BrN4O2S/c21-14-7-6-12-10-13(14)16-11-23-19(22)18(24-16)20(26)25-15-4-1-2-5-17(15)28-9-3-8-27-12/h1-2,4-7,10-11H,3,8-9H2,(H2,22,23)(H,25,26). The minimum atomic E-state index is -0.390. The highest BCUT2D eigenvalue weighted by Gasteiger charge is 2.18. The van der Waals surface area contributed by atoms with E-state index in [1.807, 2.05) is 42.5 Å². The van der Waals surface area contributed by atoms with Crippen molar-refractivity contribution in [1.82, 2.24) is 9.97 Å². The number of aromatic nitrogens is 2. The Labute approximate surface area is 175 Å². The Morgan fingerprint density at radius 3 is 2.96 bits per heavy atom. The van der Waals surface area contributed by atoms with Crippen molar-refractivity contribution in [2.24, 2.45) is 0 Å². The summed E-state index contributed by atoms with van der Waals surface area (Å²) in [5.74, 6) is 1.30. The Balaban J connectivity index is 1.80. The maximum atomic E-state index is 12.9. The van der Waals surface area contributed by atoms with Crippen LogP contribution in [-0.2, 0) is 0 Å². The monoisotopic (exact) mass is 456 g/mol. The number of carbonyl (C=O) groups is 1. The molecule has 3 N–H and O–H groups in total. The van der Waals surface area contributed by atoms with Gasteiger partial charge in [0.1, 0.15) is 5.75 Å². The van der Waals surface area contributed by atoms with Crippen LogP contribution < -0.4 is 15.8 Å². The summed E-state index contributed by atoms with van der Waals surface area (Å²) < 4.78 is 6.72. The summed E-state index contributed by atoms with van der Waals surface area (Å²) >= 11 is 5.20. The van der Waals surface area contributed by atoms with Gasteiger partial charge in [0.25, 0.3) is 5.91 Å². The van der Waals surface area contributed by atoms with Crippen molar-refractivity contribution in [2.75, 3.05) is 23.4 Å². The number of carbonyl (C=O) groups excluding carboxylic acids is 1. The van der Waals surface area contributed by atoms with Crippen molar-refractivity contribution >= 4 is 45.1 Å². The number of rotatable bonds is 0. The van der Waals surface area contributed by atoms with Crippen LogP contribution in [0.5, 0.6) is 5.75 Å². The molecule has 2 heterocycles. The maximum Gasteiger partial charge on any atom is 0.278 e. The van der Waals surface area contributed by atoms with Crippen molar-refractivity contribution in [3.63, 3.8) is 0 Å². The number of thioether (sulfide) groups is 1. The summed E-state index contributed by atoms with van der Waals surface area (Å²) in [5.41, 5.74) is 8.08. The van der Waals surface area contributed by atoms with Crippen LogP contribution in [-0.4, -0.2) is 28.2 Å². The van der Waals surface area contributed by atoms with Crippen LogP contribution in [0.3, 0.4) is 0 Å². The zero-order valence-corrected chi connectivity index (χ0v) is 17.2. The fraction of sp³-hybridized carbons (Fsp3) is 0.150. The summed E-state index contributed by atoms with van der Waals surface area (Å²) in [6.45, 7) is 0.598. The summed E-state index contributed by atoms with van der Waals surface area (Å²) in [6.07, 6.45) is 2.43. The van der Waals surface area contributed by atoms with Gasteiger partial charge in [0.2, 0.25) is 0 Å². The summed E-state index contributed by atoms with van der Waals surface area (Å²) in [4.78, 5) is 22.5. The van der Waals surface area contributed by atoms with E-state index in [4.69, 9.17) is 10.5 Å². The van der Waals surface area contributed by atoms with Crippen LogP contribution in [0.1, 0.15) is 16.9 Å². The van der Waals surface area contributed by atoms with Crippen molar-refractivity contribution in [3.8, 4) is 17.0 Å². The molecule has 0 unspecified atom stereocenters. The highest BCUT2D eigenvalue weighted by molar-refractivity contribution is 9.10. The Morgan fingerprint density at radius 1 is 1.21 bits per heavy atom. The van der Waals surface area contributed by atoms with Gasteiger partial charge in [-0.1, -0.05) is 28.1 Å². The lowest BCUT2D eigenvalue weighted by Gasteiger charge is -2.12. The molecule has 28 heavy (non-hydrogen) atoms. The SMILES string of the molecule is Nc1ncc2nc1C(=O)Nc1ccccc1SCCCOc1ccc(Br)c-2c1. The average molecular weight is 457 g/mol. The molecule has 2 aromatic carbocycles. The molecule has 0 saturated carbocycles. The molecule has 6 nitrogen and oxygen atoms in total. The van der Waals surface area contributed by atoms with Gasteiger partial charge in [0, 0.05) is 20.7 Å². The second kappa shape index (κ2) is 8.20. The molecule has 1 amide bonds. The first-order chi connectivity index (χ1) is 13.6. The smallest absolute Gasteiger partial charge is 0.278 e. The molecule has 0 spiro atoms. The Bertz CT molecular complexity index is 1040. The highest BCUT2D eigenvalue weighted by Crippen LogP contribution is 2.32.